The monoisotopic (exact) mass is 384 g/mol. The third-order valence-corrected chi connectivity index (χ3v) is 4.29. The van der Waals surface area contributed by atoms with E-state index in [-0.39, 0.29) is 6.54 Å². The molecule has 27 heavy (non-hydrogen) atoms. The normalized spacial score (nSPS) is 18.2. The molecule has 1 aliphatic rings. The molecule has 0 aromatic heterocycles. The highest BCUT2D eigenvalue weighted by Crippen LogP contribution is 2.10. The second-order valence-electron chi connectivity index (χ2n) is 6.99. The van der Waals surface area contributed by atoms with Gasteiger partial charge in [0.15, 0.2) is 5.96 Å². The number of benzene rings is 1. The van der Waals surface area contributed by atoms with Gasteiger partial charge in [-0.05, 0) is 31.9 Å². The van der Waals surface area contributed by atoms with Gasteiger partial charge in [-0.25, -0.2) is 8.78 Å². The van der Waals surface area contributed by atoms with Gasteiger partial charge in [0.2, 0.25) is 0 Å². The quantitative estimate of drug-likeness (QED) is 0.463. The van der Waals surface area contributed by atoms with Gasteiger partial charge >= 0.3 is 0 Å². The fourth-order valence-electron chi connectivity index (χ4n) is 2.92. The van der Waals surface area contributed by atoms with Crippen LogP contribution < -0.4 is 10.6 Å². The topological polar surface area (TPSA) is 69.1 Å². The van der Waals surface area contributed by atoms with E-state index in [0.717, 1.165) is 19.2 Å². The first-order chi connectivity index (χ1) is 12.9. The molecule has 3 N–H and O–H groups in total. The van der Waals surface area contributed by atoms with Crippen LogP contribution in [-0.4, -0.2) is 74.0 Å². The lowest BCUT2D eigenvalue weighted by Crippen LogP contribution is -2.48. The van der Waals surface area contributed by atoms with Crippen LogP contribution in [0.4, 0.5) is 8.78 Å². The van der Waals surface area contributed by atoms with Crippen molar-refractivity contribution in [2.75, 3.05) is 52.5 Å². The number of aliphatic hydroxyl groups is 1. The first-order valence-corrected chi connectivity index (χ1v) is 9.38. The number of hydrogen-bond donors (Lipinski definition) is 3. The van der Waals surface area contributed by atoms with Crippen LogP contribution in [0.1, 0.15) is 19.4 Å². The largest absolute Gasteiger partial charge is 0.387 e. The number of hydrogen-bond acceptors (Lipinski definition) is 4. The second-order valence-corrected chi connectivity index (χ2v) is 6.99. The van der Waals surface area contributed by atoms with E-state index in [1.807, 2.05) is 6.92 Å². The van der Waals surface area contributed by atoms with Crippen LogP contribution in [0.2, 0.25) is 0 Å². The lowest BCUT2D eigenvalue weighted by Gasteiger charge is -2.33. The average molecular weight is 384 g/mol. The van der Waals surface area contributed by atoms with Crippen LogP contribution in [-0.2, 0) is 11.2 Å². The summed E-state index contributed by atoms with van der Waals surface area (Å²) >= 11 is 0. The van der Waals surface area contributed by atoms with Gasteiger partial charge in [0.25, 0.3) is 0 Å². The van der Waals surface area contributed by atoms with E-state index >= 15 is 0 Å². The summed E-state index contributed by atoms with van der Waals surface area (Å²) in [6, 6.07) is 3.58. The minimum Gasteiger partial charge on any atom is -0.387 e. The summed E-state index contributed by atoms with van der Waals surface area (Å²) in [4.78, 5) is 6.61. The van der Waals surface area contributed by atoms with Crippen LogP contribution in [0.15, 0.2) is 23.2 Å². The van der Waals surface area contributed by atoms with E-state index in [1.165, 1.54) is 12.1 Å². The van der Waals surface area contributed by atoms with Crippen molar-refractivity contribution in [3.63, 3.8) is 0 Å². The minimum atomic E-state index is -0.956. The summed E-state index contributed by atoms with van der Waals surface area (Å²) in [6.07, 6.45) is 0.403. The zero-order valence-corrected chi connectivity index (χ0v) is 16.1. The number of aliphatic imine (C=N–C) groups is 1. The molecule has 0 bridgehead atoms. The minimum absolute atomic E-state index is 0.241. The van der Waals surface area contributed by atoms with E-state index in [1.54, 1.807) is 6.92 Å². The molecule has 8 heteroatoms. The molecule has 0 spiro atoms. The van der Waals surface area contributed by atoms with Gasteiger partial charge in [-0.3, -0.25) is 9.89 Å². The van der Waals surface area contributed by atoms with Crippen molar-refractivity contribution in [1.82, 2.24) is 15.5 Å². The van der Waals surface area contributed by atoms with Gasteiger partial charge in [0.1, 0.15) is 11.6 Å². The van der Waals surface area contributed by atoms with E-state index in [9.17, 15) is 13.9 Å². The average Bonchev–Trinajstić information content (AvgIpc) is 2.62. The summed E-state index contributed by atoms with van der Waals surface area (Å²) in [5, 5.41) is 16.8. The molecule has 0 saturated carbocycles. The third kappa shape index (κ3) is 7.78. The van der Waals surface area contributed by atoms with Crippen molar-refractivity contribution >= 4 is 5.96 Å². The number of guanidine groups is 1. The molecular weight excluding hydrogens is 354 g/mol. The number of halogens is 2. The molecule has 1 unspecified atom stereocenters. The Balaban J connectivity index is 1.84. The van der Waals surface area contributed by atoms with E-state index in [4.69, 9.17) is 4.74 Å². The van der Waals surface area contributed by atoms with E-state index in [0.29, 0.717) is 50.8 Å². The summed E-state index contributed by atoms with van der Waals surface area (Å²) in [5.41, 5.74) is -0.512. The maximum atomic E-state index is 13.7. The molecule has 2 rings (SSSR count). The van der Waals surface area contributed by atoms with Crippen molar-refractivity contribution in [3.8, 4) is 0 Å². The number of ether oxygens (including phenoxy) is 1. The number of morpholine rings is 1. The smallest absolute Gasteiger partial charge is 0.191 e. The number of rotatable bonds is 8. The first-order valence-electron chi connectivity index (χ1n) is 9.38. The Hall–Kier alpha value is -1.77. The molecular formula is C19H30F2N4O2. The summed E-state index contributed by atoms with van der Waals surface area (Å²) in [6.45, 7) is 8.58. The van der Waals surface area contributed by atoms with Gasteiger partial charge in [0, 0.05) is 38.8 Å². The summed E-state index contributed by atoms with van der Waals surface area (Å²) in [5.74, 6) is -0.573. The lowest BCUT2D eigenvalue weighted by atomic mass is 10.1. The van der Waals surface area contributed by atoms with Crippen molar-refractivity contribution in [3.05, 3.63) is 35.4 Å². The molecule has 152 valence electrons. The standard InChI is InChI=1S/C19H30F2N4O2/c1-3-22-18(23-7-6-15-4-5-16(20)12-17(15)21)24-13-19(2,26)14-25-8-10-27-11-9-25/h4-5,12,26H,3,6-11,13-14H2,1-2H3,(H2,22,23,24). The predicted octanol–water partition coefficient (Wildman–Crippen LogP) is 1.15. The van der Waals surface area contributed by atoms with Gasteiger partial charge in [-0.2, -0.15) is 0 Å². The molecule has 0 aliphatic carbocycles. The molecule has 0 amide bonds. The lowest BCUT2D eigenvalue weighted by molar-refractivity contribution is -0.0179. The molecule has 1 atom stereocenters. The van der Waals surface area contributed by atoms with Gasteiger partial charge in [0.05, 0.1) is 25.4 Å². The van der Waals surface area contributed by atoms with Crippen molar-refractivity contribution in [2.45, 2.75) is 25.9 Å². The Morgan fingerprint density at radius 3 is 2.70 bits per heavy atom. The van der Waals surface area contributed by atoms with Crippen molar-refractivity contribution in [1.29, 1.82) is 0 Å². The predicted molar refractivity (Wildman–Crippen MR) is 102 cm³/mol. The fourth-order valence-corrected chi connectivity index (χ4v) is 2.92. The van der Waals surface area contributed by atoms with Gasteiger partial charge < -0.3 is 20.5 Å². The summed E-state index contributed by atoms with van der Waals surface area (Å²) < 4.78 is 32.0. The zero-order chi connectivity index (χ0) is 19.7. The molecule has 1 saturated heterocycles. The Morgan fingerprint density at radius 1 is 1.30 bits per heavy atom. The third-order valence-electron chi connectivity index (χ3n) is 4.29. The molecule has 1 fully saturated rings. The molecule has 1 aromatic carbocycles. The summed E-state index contributed by atoms with van der Waals surface area (Å²) in [7, 11) is 0. The van der Waals surface area contributed by atoms with E-state index < -0.39 is 17.2 Å². The van der Waals surface area contributed by atoms with Gasteiger partial charge in [-0.15, -0.1) is 0 Å². The molecule has 1 heterocycles. The highest BCUT2D eigenvalue weighted by molar-refractivity contribution is 5.79. The Bertz CT molecular complexity index is 620. The number of nitrogens with one attached hydrogen (secondary N) is 2. The number of β-amino-alcohol motifs (C(OH)–C–C–N with tert-alkyl or cyclic N) is 1. The van der Waals surface area contributed by atoms with Crippen molar-refractivity contribution in [2.24, 2.45) is 4.99 Å². The SMILES string of the molecule is CCNC(=NCC(C)(O)CN1CCOCC1)NCCc1ccc(F)cc1F. The molecule has 6 nitrogen and oxygen atoms in total. The van der Waals surface area contributed by atoms with Gasteiger partial charge in [-0.1, -0.05) is 6.07 Å². The second kappa shape index (κ2) is 10.5. The van der Waals surface area contributed by atoms with Crippen LogP contribution >= 0.6 is 0 Å². The zero-order valence-electron chi connectivity index (χ0n) is 16.1. The molecule has 0 radical (unpaired) electrons. The fraction of sp³-hybridized carbons (Fsp3) is 0.632. The van der Waals surface area contributed by atoms with Crippen LogP contribution in [0.5, 0.6) is 0 Å². The van der Waals surface area contributed by atoms with Crippen LogP contribution in [0.3, 0.4) is 0 Å². The maximum absolute atomic E-state index is 13.7. The highest BCUT2D eigenvalue weighted by atomic mass is 19.1. The van der Waals surface area contributed by atoms with Crippen molar-refractivity contribution < 1.29 is 18.6 Å². The first kappa shape index (κ1) is 21.5. The number of nitrogens with zero attached hydrogens (tertiary/aromatic N) is 2. The molecule has 1 aliphatic heterocycles. The maximum Gasteiger partial charge on any atom is 0.191 e. The van der Waals surface area contributed by atoms with Crippen LogP contribution in [0, 0.1) is 11.6 Å². The Morgan fingerprint density at radius 2 is 2.04 bits per heavy atom. The Labute approximate surface area is 159 Å². The van der Waals surface area contributed by atoms with E-state index in [2.05, 4.69) is 20.5 Å². The molecule has 1 aromatic rings. The highest BCUT2D eigenvalue weighted by Gasteiger charge is 2.25. The Kier molecular flexibility index (Phi) is 8.40. The van der Waals surface area contributed by atoms with Crippen LogP contribution in [0.25, 0.3) is 0 Å².